The quantitative estimate of drug-likeness (QED) is 0.635. The molecule has 0 unspecified atom stereocenters. The molecule has 7 heteroatoms. The molecule has 0 atom stereocenters. The van der Waals surface area contributed by atoms with E-state index in [-0.39, 0.29) is 23.6 Å². The average Bonchev–Trinajstić information content (AvgIpc) is 2.38. The number of benzene rings is 1. The minimum absolute atomic E-state index is 0.162. The molecule has 0 saturated carbocycles. The zero-order valence-electron chi connectivity index (χ0n) is 9.63. The van der Waals surface area contributed by atoms with Crippen molar-refractivity contribution in [2.24, 2.45) is 0 Å². The van der Waals surface area contributed by atoms with Gasteiger partial charge in [0.2, 0.25) is 0 Å². The third kappa shape index (κ3) is 3.35. The molecule has 0 heterocycles. The standard InChI is InChI=1S/C11H12ClNO5/c1-17-10-5-8(7-14)9(13(15)16)6-11(10)18-4-2-3-12/h2-3,5-6,14H,4,7H2,1H3/b3-2+. The second-order valence-electron chi connectivity index (χ2n) is 3.22. The molecule has 1 rings (SSSR count). The van der Waals surface area contributed by atoms with Crippen LogP contribution in [0.3, 0.4) is 0 Å². The molecule has 0 spiro atoms. The van der Waals surface area contributed by atoms with E-state index in [1.54, 1.807) is 0 Å². The van der Waals surface area contributed by atoms with Crippen molar-refractivity contribution < 1.29 is 19.5 Å². The predicted octanol–water partition coefficient (Wildman–Crippen LogP) is 2.23. The highest BCUT2D eigenvalue weighted by Gasteiger charge is 2.18. The van der Waals surface area contributed by atoms with Gasteiger partial charge in [-0.05, 0) is 12.1 Å². The Kier molecular flexibility index (Phi) is 5.41. The summed E-state index contributed by atoms with van der Waals surface area (Å²) in [5, 5.41) is 19.9. The number of hydrogen-bond acceptors (Lipinski definition) is 5. The van der Waals surface area contributed by atoms with Gasteiger partial charge < -0.3 is 14.6 Å². The smallest absolute Gasteiger partial charge is 0.278 e. The predicted molar refractivity (Wildman–Crippen MR) is 66.1 cm³/mol. The van der Waals surface area contributed by atoms with Crippen molar-refractivity contribution in [1.29, 1.82) is 0 Å². The molecule has 0 fully saturated rings. The number of ether oxygens (including phenoxy) is 2. The van der Waals surface area contributed by atoms with E-state index in [9.17, 15) is 10.1 Å². The number of nitro groups is 1. The number of methoxy groups -OCH3 is 1. The Morgan fingerprint density at radius 1 is 1.50 bits per heavy atom. The Bertz CT molecular complexity index is 461. The molecular weight excluding hydrogens is 262 g/mol. The van der Waals surface area contributed by atoms with Crippen molar-refractivity contribution in [3.63, 3.8) is 0 Å². The summed E-state index contributed by atoms with van der Waals surface area (Å²) in [6, 6.07) is 2.59. The maximum Gasteiger partial charge on any atom is 0.278 e. The van der Waals surface area contributed by atoms with Crippen molar-refractivity contribution in [1.82, 2.24) is 0 Å². The zero-order chi connectivity index (χ0) is 13.5. The molecule has 18 heavy (non-hydrogen) atoms. The van der Waals surface area contributed by atoms with E-state index in [0.717, 1.165) is 0 Å². The van der Waals surface area contributed by atoms with Crippen molar-refractivity contribution in [3.05, 3.63) is 39.4 Å². The lowest BCUT2D eigenvalue weighted by molar-refractivity contribution is -0.385. The second kappa shape index (κ2) is 6.83. The average molecular weight is 274 g/mol. The number of aliphatic hydroxyl groups is 1. The molecule has 0 aliphatic heterocycles. The van der Waals surface area contributed by atoms with Gasteiger partial charge in [0.05, 0.1) is 30.3 Å². The lowest BCUT2D eigenvalue weighted by Crippen LogP contribution is -2.01. The number of nitrogens with zero attached hydrogens (tertiary/aromatic N) is 1. The first kappa shape index (κ1) is 14.3. The minimum atomic E-state index is -0.588. The van der Waals surface area contributed by atoms with Crippen LogP contribution in [0, 0.1) is 10.1 Å². The van der Waals surface area contributed by atoms with Crippen molar-refractivity contribution in [2.45, 2.75) is 6.61 Å². The number of rotatable bonds is 6. The van der Waals surface area contributed by atoms with E-state index in [0.29, 0.717) is 5.75 Å². The summed E-state index contributed by atoms with van der Waals surface area (Å²) in [6.45, 7) is -0.288. The van der Waals surface area contributed by atoms with Crippen molar-refractivity contribution >= 4 is 17.3 Å². The van der Waals surface area contributed by atoms with Gasteiger partial charge in [0, 0.05) is 5.54 Å². The van der Waals surface area contributed by atoms with Gasteiger partial charge in [-0.2, -0.15) is 0 Å². The molecular formula is C11H12ClNO5. The second-order valence-corrected chi connectivity index (χ2v) is 3.47. The summed E-state index contributed by atoms with van der Waals surface area (Å²) in [7, 11) is 1.41. The highest BCUT2D eigenvalue weighted by Crippen LogP contribution is 2.34. The first-order valence-electron chi connectivity index (χ1n) is 4.98. The minimum Gasteiger partial charge on any atom is -0.493 e. The summed E-state index contributed by atoms with van der Waals surface area (Å²) in [4.78, 5) is 10.2. The topological polar surface area (TPSA) is 81.8 Å². The van der Waals surface area contributed by atoms with Crippen LogP contribution < -0.4 is 9.47 Å². The first-order chi connectivity index (χ1) is 8.63. The Morgan fingerprint density at radius 2 is 2.22 bits per heavy atom. The highest BCUT2D eigenvalue weighted by molar-refractivity contribution is 6.25. The number of hydrogen-bond donors (Lipinski definition) is 1. The summed E-state index contributed by atoms with van der Waals surface area (Å²) in [5.74, 6) is 0.531. The summed E-state index contributed by atoms with van der Waals surface area (Å²) < 4.78 is 10.3. The summed E-state index contributed by atoms with van der Waals surface area (Å²) >= 11 is 5.34. The molecule has 0 aromatic heterocycles. The Morgan fingerprint density at radius 3 is 2.72 bits per heavy atom. The van der Waals surface area contributed by atoms with Gasteiger partial charge in [-0.3, -0.25) is 10.1 Å². The summed E-state index contributed by atoms with van der Waals surface area (Å²) in [5.41, 5.74) is 1.23. The maximum atomic E-state index is 10.8. The van der Waals surface area contributed by atoms with Crippen molar-refractivity contribution in [2.75, 3.05) is 13.7 Å². The van der Waals surface area contributed by atoms with Gasteiger partial charge in [0.15, 0.2) is 11.5 Å². The van der Waals surface area contributed by atoms with Crippen molar-refractivity contribution in [3.8, 4) is 11.5 Å². The van der Waals surface area contributed by atoms with Gasteiger partial charge in [0.1, 0.15) is 6.61 Å². The molecule has 1 N–H and O–H groups in total. The van der Waals surface area contributed by atoms with E-state index in [4.69, 9.17) is 26.2 Å². The first-order valence-corrected chi connectivity index (χ1v) is 5.41. The van der Waals surface area contributed by atoms with Crippen LogP contribution in [-0.2, 0) is 6.61 Å². The third-order valence-corrected chi connectivity index (χ3v) is 2.33. The van der Waals surface area contributed by atoms with E-state index >= 15 is 0 Å². The fourth-order valence-corrected chi connectivity index (χ4v) is 1.41. The lowest BCUT2D eigenvalue weighted by atomic mass is 10.1. The van der Waals surface area contributed by atoms with Gasteiger partial charge in [-0.15, -0.1) is 0 Å². The maximum absolute atomic E-state index is 10.8. The van der Waals surface area contributed by atoms with Crippen LogP contribution in [0.5, 0.6) is 11.5 Å². The number of nitro benzene ring substituents is 1. The Hall–Kier alpha value is -1.79. The van der Waals surface area contributed by atoms with Crippen LogP contribution in [0.15, 0.2) is 23.7 Å². The van der Waals surface area contributed by atoms with Crippen LogP contribution in [0.25, 0.3) is 0 Å². The van der Waals surface area contributed by atoms with E-state index in [2.05, 4.69) is 0 Å². The van der Waals surface area contributed by atoms with E-state index in [1.165, 1.54) is 30.9 Å². The van der Waals surface area contributed by atoms with Gasteiger partial charge in [0.25, 0.3) is 5.69 Å². The molecule has 1 aromatic rings. The zero-order valence-corrected chi connectivity index (χ0v) is 10.4. The van der Waals surface area contributed by atoms with Crippen LogP contribution in [-0.4, -0.2) is 23.7 Å². The SMILES string of the molecule is COc1cc(CO)c([N+](=O)[O-])cc1OC/C=C/Cl. The van der Waals surface area contributed by atoms with Crippen LogP contribution in [0.4, 0.5) is 5.69 Å². The molecule has 0 aliphatic rings. The molecule has 6 nitrogen and oxygen atoms in total. The number of halogens is 1. The monoisotopic (exact) mass is 273 g/mol. The van der Waals surface area contributed by atoms with Crippen LogP contribution in [0.1, 0.15) is 5.56 Å². The van der Waals surface area contributed by atoms with E-state index in [1.807, 2.05) is 0 Å². The fourth-order valence-electron chi connectivity index (χ4n) is 1.33. The third-order valence-electron chi connectivity index (χ3n) is 2.16. The van der Waals surface area contributed by atoms with Crippen LogP contribution >= 0.6 is 11.6 Å². The molecule has 1 aromatic carbocycles. The molecule has 0 aliphatic carbocycles. The largest absolute Gasteiger partial charge is 0.493 e. The molecule has 0 radical (unpaired) electrons. The molecule has 0 amide bonds. The van der Waals surface area contributed by atoms with Gasteiger partial charge >= 0.3 is 0 Å². The lowest BCUT2D eigenvalue weighted by Gasteiger charge is -2.10. The van der Waals surface area contributed by atoms with Crippen LogP contribution in [0.2, 0.25) is 0 Å². The van der Waals surface area contributed by atoms with Gasteiger partial charge in [-0.25, -0.2) is 0 Å². The fraction of sp³-hybridized carbons (Fsp3) is 0.273. The molecule has 0 saturated heterocycles. The van der Waals surface area contributed by atoms with E-state index < -0.39 is 11.5 Å². The molecule has 0 bridgehead atoms. The number of aliphatic hydroxyl groups excluding tert-OH is 1. The van der Waals surface area contributed by atoms with Gasteiger partial charge in [-0.1, -0.05) is 11.6 Å². The Labute approximate surface area is 109 Å². The molecule has 98 valence electrons. The Balaban J connectivity index is 3.14. The summed E-state index contributed by atoms with van der Waals surface area (Å²) in [6.07, 6.45) is 1.53. The normalized spacial score (nSPS) is 10.6. The highest BCUT2D eigenvalue weighted by atomic mass is 35.5.